The summed E-state index contributed by atoms with van der Waals surface area (Å²) in [4.78, 5) is 22.0. The van der Waals surface area contributed by atoms with Crippen LogP contribution in [0.2, 0.25) is 0 Å². The zero-order chi connectivity index (χ0) is 16.6. The number of hydrogen-bond donors (Lipinski definition) is 1. The average molecular weight is 313 g/mol. The van der Waals surface area contributed by atoms with E-state index < -0.39 is 10.9 Å². The molecule has 23 heavy (non-hydrogen) atoms. The lowest BCUT2D eigenvalue weighted by molar-refractivity contribution is -0.384. The molecule has 3 rings (SSSR count). The number of nitro benzene ring substituents is 1. The van der Waals surface area contributed by atoms with Gasteiger partial charge < -0.3 is 14.6 Å². The van der Waals surface area contributed by atoms with Gasteiger partial charge in [0.15, 0.2) is 11.5 Å². The van der Waals surface area contributed by atoms with Gasteiger partial charge in [0.2, 0.25) is 0 Å². The number of nitro groups is 1. The number of fused-ring (bicyclic) bond motifs is 2. The van der Waals surface area contributed by atoms with Crippen LogP contribution in [0.4, 0.5) is 5.69 Å². The monoisotopic (exact) mass is 313 g/mol. The number of hydrogen-bond acceptors (Lipinski definition) is 5. The Morgan fingerprint density at radius 1 is 1.30 bits per heavy atom. The molecule has 0 atom stereocenters. The quantitative estimate of drug-likeness (QED) is 0.689. The van der Waals surface area contributed by atoms with Crippen molar-refractivity contribution in [1.29, 1.82) is 0 Å². The first-order valence-corrected chi connectivity index (χ1v) is 6.60. The highest BCUT2D eigenvalue weighted by atomic mass is 16.6. The Morgan fingerprint density at radius 3 is 2.74 bits per heavy atom. The lowest BCUT2D eigenvalue weighted by atomic mass is 10.0. The van der Waals surface area contributed by atoms with Crippen LogP contribution in [0.1, 0.15) is 11.1 Å². The maximum atomic E-state index is 11.6. The third-order valence-electron chi connectivity index (χ3n) is 3.44. The molecule has 0 fully saturated rings. The first kappa shape index (κ1) is 14.6. The van der Waals surface area contributed by atoms with E-state index in [0.717, 1.165) is 0 Å². The number of nitrogens with zero attached hydrogens (tertiary/aromatic N) is 1. The van der Waals surface area contributed by atoms with Crippen molar-refractivity contribution in [2.24, 2.45) is 0 Å². The van der Waals surface area contributed by atoms with Gasteiger partial charge in [-0.1, -0.05) is 12.1 Å². The summed E-state index contributed by atoms with van der Waals surface area (Å²) < 4.78 is 11.0. The van der Waals surface area contributed by atoms with Crippen molar-refractivity contribution in [3.8, 4) is 17.2 Å². The van der Waals surface area contributed by atoms with E-state index in [1.54, 1.807) is 18.2 Å². The first-order chi connectivity index (χ1) is 11.0. The van der Waals surface area contributed by atoms with Gasteiger partial charge in [-0.2, -0.15) is 0 Å². The van der Waals surface area contributed by atoms with Crippen LogP contribution in [-0.4, -0.2) is 23.1 Å². The van der Waals surface area contributed by atoms with Gasteiger partial charge in [0.25, 0.3) is 5.69 Å². The molecule has 116 valence electrons. The first-order valence-electron chi connectivity index (χ1n) is 6.60. The fourth-order valence-electron chi connectivity index (χ4n) is 2.37. The minimum absolute atomic E-state index is 0.0295. The summed E-state index contributed by atoms with van der Waals surface area (Å²) in [5.41, 5.74) is 0.481. The molecule has 0 aliphatic carbocycles. The summed E-state index contributed by atoms with van der Waals surface area (Å²) >= 11 is 0. The van der Waals surface area contributed by atoms with Gasteiger partial charge in [-0.3, -0.25) is 10.1 Å². The molecule has 1 aliphatic heterocycles. The van der Waals surface area contributed by atoms with E-state index in [1.165, 1.54) is 31.4 Å². The number of methoxy groups -OCH3 is 1. The molecule has 0 amide bonds. The van der Waals surface area contributed by atoms with E-state index in [9.17, 15) is 20.0 Å². The Kier molecular flexibility index (Phi) is 3.46. The molecule has 0 bridgehead atoms. The molecule has 7 heteroatoms. The highest BCUT2D eigenvalue weighted by Crippen LogP contribution is 2.44. The van der Waals surface area contributed by atoms with Crippen LogP contribution in [-0.2, 0) is 4.79 Å². The van der Waals surface area contributed by atoms with Crippen molar-refractivity contribution in [1.82, 2.24) is 0 Å². The number of carboxylic acid groups (broad SMARTS) is 1. The Hall–Kier alpha value is -3.35. The van der Waals surface area contributed by atoms with E-state index in [0.29, 0.717) is 22.6 Å². The van der Waals surface area contributed by atoms with E-state index in [-0.39, 0.29) is 17.0 Å². The molecule has 0 aromatic heterocycles. The maximum Gasteiger partial charge on any atom is 0.336 e. The molecule has 0 saturated heterocycles. The van der Waals surface area contributed by atoms with Crippen LogP contribution >= 0.6 is 0 Å². The normalized spacial score (nSPS) is 12.1. The van der Waals surface area contributed by atoms with Gasteiger partial charge in [-0.15, -0.1) is 0 Å². The number of benzene rings is 2. The Bertz CT molecular complexity index is 856. The molecule has 1 heterocycles. The number of carbonyl (C=O) groups is 1. The zero-order valence-electron chi connectivity index (χ0n) is 12.0. The fourth-order valence-corrected chi connectivity index (χ4v) is 2.37. The standard InChI is InChI=1S/C16H11NO6/c1-22-14-4-2-3-11-12(16(18)19)8-9-7-10(17(20)21)5-6-13(9)23-15(11)14/h2-8H,1H3,(H,18,19). The molecule has 0 radical (unpaired) electrons. The number of rotatable bonds is 3. The van der Waals surface area contributed by atoms with Crippen molar-refractivity contribution in [3.05, 3.63) is 57.6 Å². The lowest BCUT2D eigenvalue weighted by Crippen LogP contribution is -2.01. The molecule has 2 aromatic rings. The van der Waals surface area contributed by atoms with Crippen molar-refractivity contribution in [2.75, 3.05) is 7.11 Å². The average Bonchev–Trinajstić information content (AvgIpc) is 2.70. The molecule has 1 aliphatic rings. The van der Waals surface area contributed by atoms with Gasteiger partial charge in [-0.25, -0.2) is 4.79 Å². The van der Waals surface area contributed by atoms with Crippen LogP contribution in [0.5, 0.6) is 17.2 Å². The highest BCUT2D eigenvalue weighted by Gasteiger charge is 2.25. The number of aliphatic carboxylic acids is 1. The summed E-state index contributed by atoms with van der Waals surface area (Å²) in [6.07, 6.45) is 1.36. The fraction of sp³-hybridized carbons (Fsp3) is 0.0625. The second-order valence-electron chi connectivity index (χ2n) is 4.78. The van der Waals surface area contributed by atoms with Crippen molar-refractivity contribution in [2.45, 2.75) is 0 Å². The molecule has 1 N–H and O–H groups in total. The second kappa shape index (κ2) is 5.45. The zero-order valence-corrected chi connectivity index (χ0v) is 12.0. The van der Waals surface area contributed by atoms with E-state index in [4.69, 9.17) is 9.47 Å². The van der Waals surface area contributed by atoms with Gasteiger partial charge in [0.1, 0.15) is 5.75 Å². The van der Waals surface area contributed by atoms with Crippen LogP contribution in [0.15, 0.2) is 36.4 Å². The van der Waals surface area contributed by atoms with Gasteiger partial charge in [0.05, 0.1) is 17.6 Å². The minimum atomic E-state index is -1.16. The molecule has 7 nitrogen and oxygen atoms in total. The number of ether oxygens (including phenoxy) is 2. The van der Waals surface area contributed by atoms with Gasteiger partial charge in [-0.05, 0) is 18.2 Å². The topological polar surface area (TPSA) is 98.9 Å². The summed E-state index contributed by atoms with van der Waals surface area (Å²) in [6.45, 7) is 0. The van der Waals surface area contributed by atoms with Crippen molar-refractivity contribution < 1.29 is 24.3 Å². The van der Waals surface area contributed by atoms with Gasteiger partial charge in [0, 0.05) is 23.3 Å². The number of para-hydroxylation sites is 1. The molecule has 2 aromatic carbocycles. The lowest BCUT2D eigenvalue weighted by Gasteiger charge is -2.13. The number of non-ortho nitro benzene ring substituents is 1. The molecular formula is C16H11NO6. The van der Waals surface area contributed by atoms with Gasteiger partial charge >= 0.3 is 5.97 Å². The summed E-state index contributed by atoms with van der Waals surface area (Å²) in [5, 5.41) is 20.4. The molecule has 0 unspecified atom stereocenters. The maximum absolute atomic E-state index is 11.6. The largest absolute Gasteiger partial charge is 0.493 e. The second-order valence-corrected chi connectivity index (χ2v) is 4.78. The summed E-state index contributed by atoms with van der Waals surface area (Å²) in [7, 11) is 1.45. The third kappa shape index (κ3) is 2.48. The van der Waals surface area contributed by atoms with Crippen LogP contribution in [0.25, 0.3) is 11.6 Å². The Balaban J connectivity index is 2.28. The van der Waals surface area contributed by atoms with E-state index >= 15 is 0 Å². The van der Waals surface area contributed by atoms with Crippen LogP contribution < -0.4 is 9.47 Å². The Morgan fingerprint density at radius 2 is 2.09 bits per heavy atom. The smallest absolute Gasteiger partial charge is 0.336 e. The van der Waals surface area contributed by atoms with E-state index in [2.05, 4.69) is 0 Å². The van der Waals surface area contributed by atoms with E-state index in [1.807, 2.05) is 0 Å². The van der Waals surface area contributed by atoms with Crippen LogP contribution in [0.3, 0.4) is 0 Å². The van der Waals surface area contributed by atoms with Crippen molar-refractivity contribution >= 4 is 23.3 Å². The van der Waals surface area contributed by atoms with Crippen LogP contribution in [0, 0.1) is 10.1 Å². The molecular weight excluding hydrogens is 302 g/mol. The summed E-state index contributed by atoms with van der Waals surface area (Å²) in [5.74, 6) is -0.211. The predicted molar refractivity (Wildman–Crippen MR) is 81.7 cm³/mol. The molecule has 0 spiro atoms. The minimum Gasteiger partial charge on any atom is -0.493 e. The highest BCUT2D eigenvalue weighted by molar-refractivity contribution is 6.22. The Labute approximate surface area is 130 Å². The third-order valence-corrected chi connectivity index (χ3v) is 3.44. The SMILES string of the molecule is COc1cccc2c1Oc1ccc([N+](=O)[O-])cc1C=C2C(=O)O. The van der Waals surface area contributed by atoms with Crippen molar-refractivity contribution in [3.63, 3.8) is 0 Å². The summed E-state index contributed by atoms with van der Waals surface area (Å²) in [6, 6.07) is 8.90. The molecule has 0 saturated carbocycles. The number of carboxylic acids is 1. The predicted octanol–water partition coefficient (Wildman–Crippen LogP) is 3.33.